The van der Waals surface area contributed by atoms with E-state index in [1.165, 1.54) is 0 Å². The first kappa shape index (κ1) is 16.7. The van der Waals surface area contributed by atoms with Crippen molar-refractivity contribution in [3.8, 4) is 0 Å². The Morgan fingerprint density at radius 2 is 1.68 bits per heavy atom. The van der Waals surface area contributed by atoms with E-state index in [2.05, 4.69) is 27.7 Å². The Morgan fingerprint density at radius 3 is 2.14 bits per heavy atom. The molecule has 22 heavy (non-hydrogen) atoms. The summed E-state index contributed by atoms with van der Waals surface area (Å²) >= 11 is 0. The van der Waals surface area contributed by atoms with Gasteiger partial charge in [-0.25, -0.2) is 4.79 Å². The minimum Gasteiger partial charge on any atom is -0.459 e. The number of benzene rings is 1. The molecule has 0 saturated heterocycles. The Kier molecular flexibility index (Phi) is 4.69. The summed E-state index contributed by atoms with van der Waals surface area (Å²) in [5, 5.41) is 0. The summed E-state index contributed by atoms with van der Waals surface area (Å²) in [5.74, 6) is 0.0626. The van der Waals surface area contributed by atoms with Crippen LogP contribution in [-0.4, -0.2) is 12.1 Å². The van der Waals surface area contributed by atoms with Gasteiger partial charge in [0, 0.05) is 16.9 Å². The van der Waals surface area contributed by atoms with Crippen LogP contribution in [-0.2, 0) is 10.2 Å². The summed E-state index contributed by atoms with van der Waals surface area (Å²) in [6.45, 7) is 8.52. The van der Waals surface area contributed by atoms with E-state index in [0.717, 1.165) is 31.2 Å². The fraction of sp³-hybridized carbons (Fsp3) is 0.611. The zero-order valence-electron chi connectivity index (χ0n) is 14.1. The molecule has 1 aromatic rings. The molecule has 1 aliphatic rings. The number of ether oxygens (including phenoxy) is 1. The highest BCUT2D eigenvalue weighted by Gasteiger charge is 2.30. The van der Waals surface area contributed by atoms with Gasteiger partial charge in [-0.15, -0.1) is 0 Å². The van der Waals surface area contributed by atoms with Crippen LogP contribution in [0.4, 0.5) is 11.4 Å². The van der Waals surface area contributed by atoms with E-state index in [1.54, 1.807) is 12.1 Å². The second kappa shape index (κ2) is 6.19. The lowest BCUT2D eigenvalue weighted by molar-refractivity contribution is 0.0318. The molecule has 4 N–H and O–H groups in total. The topological polar surface area (TPSA) is 78.3 Å². The van der Waals surface area contributed by atoms with Crippen LogP contribution in [0.5, 0.6) is 0 Å². The smallest absolute Gasteiger partial charge is 0.338 e. The molecule has 4 nitrogen and oxygen atoms in total. The summed E-state index contributed by atoms with van der Waals surface area (Å²) in [7, 11) is 0. The average Bonchev–Trinajstić information content (AvgIpc) is 2.90. The molecule has 1 aromatic carbocycles. The highest BCUT2D eigenvalue weighted by atomic mass is 16.5. The van der Waals surface area contributed by atoms with Crippen LogP contribution >= 0.6 is 0 Å². The standard InChI is InChI=1S/C18H28N2O2/c1-11(2)18(3,4)16-14(19)9-12(10-15(16)20)17(21)22-13-7-5-6-8-13/h9-11,13H,5-8,19-20H2,1-4H3. The van der Waals surface area contributed by atoms with Gasteiger partial charge in [-0.2, -0.15) is 0 Å². The van der Waals surface area contributed by atoms with Crippen LogP contribution in [0, 0.1) is 5.92 Å². The highest BCUT2D eigenvalue weighted by molar-refractivity contribution is 5.92. The van der Waals surface area contributed by atoms with Crippen LogP contribution in [0.3, 0.4) is 0 Å². The predicted octanol–water partition coefficient (Wildman–Crippen LogP) is 3.88. The molecule has 1 saturated carbocycles. The van der Waals surface area contributed by atoms with Gasteiger partial charge in [-0.05, 0) is 49.1 Å². The normalized spacial score (nSPS) is 16.2. The largest absolute Gasteiger partial charge is 0.459 e. The van der Waals surface area contributed by atoms with Crippen molar-refractivity contribution in [3.05, 3.63) is 23.3 Å². The second-order valence-electron chi connectivity index (χ2n) is 7.22. The zero-order chi connectivity index (χ0) is 16.5. The van der Waals surface area contributed by atoms with Crippen molar-refractivity contribution in [2.24, 2.45) is 5.92 Å². The number of nitrogens with two attached hydrogens (primary N) is 2. The first-order chi connectivity index (χ1) is 10.2. The molecule has 4 heteroatoms. The lowest BCUT2D eigenvalue weighted by atomic mass is 9.73. The molecular weight excluding hydrogens is 276 g/mol. The number of hydrogen-bond donors (Lipinski definition) is 2. The fourth-order valence-corrected chi connectivity index (χ4v) is 3.06. The van der Waals surface area contributed by atoms with Gasteiger partial charge in [0.2, 0.25) is 0 Å². The highest BCUT2D eigenvalue weighted by Crippen LogP contribution is 2.39. The van der Waals surface area contributed by atoms with Gasteiger partial charge in [0.1, 0.15) is 6.10 Å². The minimum absolute atomic E-state index is 0.0433. The molecule has 0 bridgehead atoms. The number of nitrogen functional groups attached to an aromatic ring is 2. The van der Waals surface area contributed by atoms with Crippen LogP contribution in [0.2, 0.25) is 0 Å². The number of esters is 1. The maximum Gasteiger partial charge on any atom is 0.338 e. The van der Waals surface area contributed by atoms with Crippen molar-refractivity contribution < 1.29 is 9.53 Å². The van der Waals surface area contributed by atoms with Gasteiger partial charge in [-0.3, -0.25) is 0 Å². The summed E-state index contributed by atoms with van der Waals surface area (Å²) < 4.78 is 5.53. The first-order valence-corrected chi connectivity index (χ1v) is 8.14. The lowest BCUT2D eigenvalue weighted by Crippen LogP contribution is -2.27. The van der Waals surface area contributed by atoms with Crippen molar-refractivity contribution in [2.45, 2.75) is 64.9 Å². The molecule has 1 aliphatic carbocycles. The summed E-state index contributed by atoms with van der Waals surface area (Å²) in [6, 6.07) is 3.40. The predicted molar refractivity (Wildman–Crippen MR) is 90.8 cm³/mol. The molecular formula is C18H28N2O2. The van der Waals surface area contributed by atoms with Gasteiger partial charge in [-0.1, -0.05) is 27.7 Å². The van der Waals surface area contributed by atoms with Gasteiger partial charge in [0.15, 0.2) is 0 Å². The lowest BCUT2D eigenvalue weighted by Gasteiger charge is -2.32. The molecule has 122 valence electrons. The molecule has 1 fully saturated rings. The van der Waals surface area contributed by atoms with E-state index >= 15 is 0 Å². The van der Waals surface area contributed by atoms with Gasteiger partial charge in [0.25, 0.3) is 0 Å². The second-order valence-corrected chi connectivity index (χ2v) is 7.22. The number of rotatable bonds is 4. The molecule has 2 rings (SSSR count). The third-order valence-electron chi connectivity index (χ3n) is 5.10. The average molecular weight is 304 g/mol. The summed E-state index contributed by atoms with van der Waals surface area (Å²) in [5.41, 5.74) is 14.8. The van der Waals surface area contributed by atoms with E-state index < -0.39 is 0 Å². The van der Waals surface area contributed by atoms with Crippen LogP contribution in [0.15, 0.2) is 12.1 Å². The van der Waals surface area contributed by atoms with E-state index in [-0.39, 0.29) is 17.5 Å². The molecule has 0 aromatic heterocycles. The van der Waals surface area contributed by atoms with Crippen molar-refractivity contribution in [1.29, 1.82) is 0 Å². The first-order valence-electron chi connectivity index (χ1n) is 8.14. The molecule has 0 amide bonds. The number of hydrogen-bond acceptors (Lipinski definition) is 4. The Labute approximate surface area is 133 Å². The maximum atomic E-state index is 12.3. The number of carbonyl (C=O) groups is 1. The monoisotopic (exact) mass is 304 g/mol. The third kappa shape index (κ3) is 3.21. The zero-order valence-corrected chi connectivity index (χ0v) is 14.1. The van der Waals surface area contributed by atoms with E-state index in [1.807, 2.05) is 0 Å². The third-order valence-corrected chi connectivity index (χ3v) is 5.10. The van der Waals surface area contributed by atoms with E-state index in [4.69, 9.17) is 16.2 Å². The molecule has 0 aliphatic heterocycles. The number of carbonyl (C=O) groups excluding carboxylic acids is 1. The summed E-state index contributed by atoms with van der Waals surface area (Å²) in [4.78, 5) is 12.3. The molecule has 0 heterocycles. The van der Waals surface area contributed by atoms with E-state index in [9.17, 15) is 4.79 Å². The summed E-state index contributed by atoms with van der Waals surface area (Å²) in [6.07, 6.45) is 4.21. The van der Waals surface area contributed by atoms with Crippen molar-refractivity contribution in [3.63, 3.8) is 0 Å². The van der Waals surface area contributed by atoms with Crippen molar-refractivity contribution >= 4 is 17.3 Å². The minimum atomic E-state index is -0.320. The van der Waals surface area contributed by atoms with Gasteiger partial charge < -0.3 is 16.2 Å². The Hall–Kier alpha value is -1.71. The fourth-order valence-electron chi connectivity index (χ4n) is 3.06. The van der Waals surface area contributed by atoms with Gasteiger partial charge in [0.05, 0.1) is 5.56 Å². The van der Waals surface area contributed by atoms with Crippen molar-refractivity contribution in [2.75, 3.05) is 11.5 Å². The Bertz CT molecular complexity index is 535. The molecule has 0 atom stereocenters. The Morgan fingerprint density at radius 1 is 1.18 bits per heavy atom. The molecule has 0 spiro atoms. The Balaban J connectivity index is 2.27. The number of anilines is 2. The SMILES string of the molecule is CC(C)C(C)(C)c1c(N)cc(C(=O)OC2CCCC2)cc1N. The van der Waals surface area contributed by atoms with Crippen LogP contribution in [0.1, 0.15) is 69.3 Å². The quantitative estimate of drug-likeness (QED) is 0.653. The van der Waals surface area contributed by atoms with E-state index in [0.29, 0.717) is 22.9 Å². The van der Waals surface area contributed by atoms with Crippen LogP contribution < -0.4 is 11.5 Å². The van der Waals surface area contributed by atoms with Gasteiger partial charge >= 0.3 is 5.97 Å². The van der Waals surface area contributed by atoms with Crippen LogP contribution in [0.25, 0.3) is 0 Å². The maximum absolute atomic E-state index is 12.3. The molecule has 0 radical (unpaired) electrons. The van der Waals surface area contributed by atoms with Crippen molar-refractivity contribution in [1.82, 2.24) is 0 Å². The molecule has 0 unspecified atom stereocenters.